The van der Waals surface area contributed by atoms with Crippen molar-refractivity contribution in [3.63, 3.8) is 0 Å². The first-order valence-electron chi connectivity index (χ1n) is 13.3. The molecule has 41 heavy (non-hydrogen) atoms. The van der Waals surface area contributed by atoms with Crippen LogP contribution in [0.15, 0.2) is 18.3 Å². The summed E-state index contributed by atoms with van der Waals surface area (Å²) in [6.07, 6.45) is 2.89. The number of nitrogens with one attached hydrogen (secondary N) is 3. The smallest absolute Gasteiger partial charge is 0.407 e. The van der Waals surface area contributed by atoms with Crippen molar-refractivity contribution in [2.75, 3.05) is 48.9 Å². The molecule has 2 aromatic heterocycles. The van der Waals surface area contributed by atoms with Crippen LogP contribution in [0.2, 0.25) is 5.02 Å². The predicted molar refractivity (Wildman–Crippen MR) is 156 cm³/mol. The number of ether oxygens (including phenoxy) is 3. The Kier molecular flexibility index (Phi) is 8.66. The molecule has 3 aliphatic rings. The van der Waals surface area contributed by atoms with Crippen LogP contribution in [0.25, 0.3) is 5.65 Å². The van der Waals surface area contributed by atoms with E-state index in [1.165, 1.54) is 0 Å². The van der Waals surface area contributed by atoms with Gasteiger partial charge in [0.15, 0.2) is 17.6 Å². The van der Waals surface area contributed by atoms with Crippen LogP contribution in [0.5, 0.6) is 0 Å². The number of carbonyl (C=O) groups excluding carboxylic acids is 1. The second-order valence-electron chi connectivity index (χ2n) is 10.2. The topological polar surface area (TPSA) is 179 Å². The second-order valence-corrected chi connectivity index (χ2v) is 10.6. The molecular weight excluding hydrogens is 552 g/mol. The number of benzene rings is 1. The summed E-state index contributed by atoms with van der Waals surface area (Å²) in [6, 6.07) is 3.89. The van der Waals surface area contributed by atoms with Crippen molar-refractivity contribution in [3.05, 3.63) is 34.6 Å². The lowest BCUT2D eigenvalue weighted by molar-refractivity contribution is -0.0988. The van der Waals surface area contributed by atoms with E-state index in [1.807, 2.05) is 12.1 Å². The van der Waals surface area contributed by atoms with E-state index in [2.05, 4.69) is 30.9 Å². The van der Waals surface area contributed by atoms with E-state index in [0.717, 1.165) is 29.8 Å². The van der Waals surface area contributed by atoms with Crippen LogP contribution in [0.1, 0.15) is 31.5 Å². The molecule has 1 aromatic carbocycles. The number of nitrogens with two attached hydrogens (primary N) is 2. The molecule has 3 aromatic rings. The Balaban J connectivity index is 0.00000337. The fraction of sp³-hybridized carbons (Fsp3) is 0.538. The molecule has 2 atom stereocenters. The number of carbonyl (C=O) groups is 1. The van der Waals surface area contributed by atoms with Gasteiger partial charge in [-0.15, -0.1) is 5.10 Å². The van der Waals surface area contributed by atoms with E-state index >= 15 is 0 Å². The number of nitrogens with zero attached hydrogens (tertiary/aromatic N) is 5. The number of rotatable bonds is 10. The molecule has 222 valence electrons. The van der Waals surface area contributed by atoms with Gasteiger partial charge < -0.3 is 46.5 Å². The van der Waals surface area contributed by atoms with Crippen LogP contribution in [0, 0.1) is 0 Å². The third-order valence-electron chi connectivity index (χ3n) is 7.25. The molecule has 1 aliphatic carbocycles. The van der Waals surface area contributed by atoms with Crippen LogP contribution in [0.3, 0.4) is 0 Å². The predicted octanol–water partition coefficient (Wildman–Crippen LogP) is 1.98. The standard InChI is InChI=1S/C25H33ClN10O4.CH4/c1-38-20-10-35(9-18(20)32-25(37)40-16-11-39-12-16)19-5-13(6-27)4-17(21(19)26)31-24-33-22(30-14-2-3-14)23-29-8-15(7-28)36(23)34-24;/h4-5,8,14,16,18,20H,2-3,6-7,9-12,27-28H2,1H3,(H,32,37)(H2,30,31,33,34);1H4/t18-,20+;/m0./s1. The fourth-order valence-electron chi connectivity index (χ4n) is 4.83. The third-order valence-corrected chi connectivity index (χ3v) is 7.65. The summed E-state index contributed by atoms with van der Waals surface area (Å²) in [7, 11) is 1.62. The molecule has 14 nitrogen and oxygen atoms in total. The van der Waals surface area contributed by atoms with Crippen LogP contribution in [-0.4, -0.2) is 83.4 Å². The molecular formula is C26H37ClN10O4. The number of halogens is 1. The Bertz CT molecular complexity index is 1400. The van der Waals surface area contributed by atoms with E-state index in [0.29, 0.717) is 67.0 Å². The maximum atomic E-state index is 12.4. The molecule has 4 heterocycles. The Morgan fingerprint density at radius 2 is 2.02 bits per heavy atom. The molecule has 6 rings (SSSR count). The number of fused-ring (bicyclic) bond motifs is 1. The van der Waals surface area contributed by atoms with Crippen LogP contribution < -0.4 is 32.3 Å². The minimum atomic E-state index is -0.495. The van der Waals surface area contributed by atoms with Crippen LogP contribution in [-0.2, 0) is 27.3 Å². The first-order valence-corrected chi connectivity index (χ1v) is 13.7. The van der Waals surface area contributed by atoms with Gasteiger partial charge in [0.05, 0.1) is 53.6 Å². The zero-order chi connectivity index (χ0) is 27.8. The molecule has 7 N–H and O–H groups in total. The normalized spacial score (nSPS) is 20.4. The van der Waals surface area contributed by atoms with E-state index in [9.17, 15) is 4.79 Å². The highest BCUT2D eigenvalue weighted by atomic mass is 35.5. The quantitative estimate of drug-likeness (QED) is 0.233. The lowest BCUT2D eigenvalue weighted by Crippen LogP contribution is -2.47. The average molecular weight is 589 g/mol. The van der Waals surface area contributed by atoms with Gasteiger partial charge >= 0.3 is 6.09 Å². The highest BCUT2D eigenvalue weighted by molar-refractivity contribution is 6.36. The van der Waals surface area contributed by atoms with Crippen molar-refractivity contribution in [3.8, 4) is 0 Å². The van der Waals surface area contributed by atoms with Gasteiger partial charge in [-0.05, 0) is 30.5 Å². The minimum Gasteiger partial charge on any atom is -0.441 e. The molecule has 2 aliphatic heterocycles. The SMILES string of the molecule is C.CO[C@@H]1CN(c2cc(CN)cc(Nc3nc(NC4CC4)c4ncc(CN)n4n3)c2Cl)C[C@@H]1NC(=O)OC1COC1. The lowest BCUT2D eigenvalue weighted by atomic mass is 10.1. The van der Waals surface area contributed by atoms with Gasteiger partial charge in [0.2, 0.25) is 5.95 Å². The molecule has 2 saturated heterocycles. The number of anilines is 4. The van der Waals surface area contributed by atoms with Crippen LogP contribution in [0.4, 0.5) is 27.9 Å². The van der Waals surface area contributed by atoms with Crippen molar-refractivity contribution in [1.29, 1.82) is 0 Å². The van der Waals surface area contributed by atoms with E-state index in [4.69, 9.17) is 42.3 Å². The van der Waals surface area contributed by atoms with Gasteiger partial charge in [-0.2, -0.15) is 4.98 Å². The molecule has 1 amide bonds. The van der Waals surface area contributed by atoms with Gasteiger partial charge in [-0.3, -0.25) is 0 Å². The average Bonchev–Trinajstić information content (AvgIpc) is 3.50. The molecule has 0 bridgehead atoms. The lowest BCUT2D eigenvalue weighted by Gasteiger charge is -2.27. The van der Waals surface area contributed by atoms with Crippen LogP contribution >= 0.6 is 11.6 Å². The maximum Gasteiger partial charge on any atom is 0.407 e. The summed E-state index contributed by atoms with van der Waals surface area (Å²) >= 11 is 6.98. The molecule has 0 spiro atoms. The van der Waals surface area contributed by atoms with Gasteiger partial charge in [-0.25, -0.2) is 14.3 Å². The van der Waals surface area contributed by atoms with Gasteiger partial charge in [-0.1, -0.05) is 19.0 Å². The van der Waals surface area contributed by atoms with Crippen molar-refractivity contribution >= 4 is 46.5 Å². The fourth-order valence-corrected chi connectivity index (χ4v) is 5.11. The molecule has 1 saturated carbocycles. The zero-order valence-corrected chi connectivity index (χ0v) is 22.9. The number of imidazole rings is 1. The first kappa shape index (κ1) is 29.1. The summed E-state index contributed by atoms with van der Waals surface area (Å²) in [5, 5.41) is 14.7. The van der Waals surface area contributed by atoms with Crippen molar-refractivity contribution in [2.45, 2.75) is 57.6 Å². The summed E-state index contributed by atoms with van der Waals surface area (Å²) in [5.74, 6) is 0.964. The number of methoxy groups -OCH3 is 1. The van der Waals surface area contributed by atoms with E-state index in [1.54, 1.807) is 17.8 Å². The Hall–Kier alpha value is -3.43. The number of hydrogen-bond acceptors (Lipinski definition) is 12. The third kappa shape index (κ3) is 6.11. The molecule has 3 fully saturated rings. The van der Waals surface area contributed by atoms with Gasteiger partial charge in [0.25, 0.3) is 0 Å². The summed E-state index contributed by atoms with van der Waals surface area (Å²) < 4.78 is 17.8. The van der Waals surface area contributed by atoms with Gasteiger partial charge in [0.1, 0.15) is 0 Å². The highest BCUT2D eigenvalue weighted by Gasteiger charge is 2.36. The number of aromatic nitrogens is 4. The second kappa shape index (κ2) is 12.2. The minimum absolute atomic E-state index is 0. The molecule has 0 radical (unpaired) electrons. The largest absolute Gasteiger partial charge is 0.441 e. The van der Waals surface area contributed by atoms with E-state index < -0.39 is 6.09 Å². The summed E-state index contributed by atoms with van der Waals surface area (Å²) in [4.78, 5) is 23.6. The van der Waals surface area contributed by atoms with Crippen molar-refractivity contribution in [2.24, 2.45) is 11.5 Å². The Morgan fingerprint density at radius 3 is 2.68 bits per heavy atom. The van der Waals surface area contributed by atoms with E-state index in [-0.39, 0.29) is 32.2 Å². The maximum absolute atomic E-state index is 12.4. The monoisotopic (exact) mass is 588 g/mol. The van der Waals surface area contributed by atoms with Gasteiger partial charge in [0, 0.05) is 39.3 Å². The summed E-state index contributed by atoms with van der Waals surface area (Å²) in [5.41, 5.74) is 15.6. The zero-order valence-electron chi connectivity index (χ0n) is 22.1. The van der Waals surface area contributed by atoms with Crippen molar-refractivity contribution in [1.82, 2.24) is 24.9 Å². The van der Waals surface area contributed by atoms with Crippen molar-refractivity contribution < 1.29 is 19.0 Å². The summed E-state index contributed by atoms with van der Waals surface area (Å²) in [6.45, 7) is 2.38. The Labute approximate surface area is 243 Å². The highest BCUT2D eigenvalue weighted by Crippen LogP contribution is 2.38. The molecule has 15 heteroatoms. The first-order chi connectivity index (χ1) is 19.4. The number of amides is 1. The number of hydrogen-bond donors (Lipinski definition) is 5. The number of alkyl carbamates (subject to hydrolysis) is 1. The Morgan fingerprint density at radius 1 is 1.22 bits per heavy atom. The molecule has 0 unspecified atom stereocenters.